The zero-order valence-corrected chi connectivity index (χ0v) is 30.6. The smallest absolute Gasteiger partial charge is 0.160 e. The van der Waals surface area contributed by atoms with Gasteiger partial charge in [0.2, 0.25) is 0 Å². The highest BCUT2D eigenvalue weighted by molar-refractivity contribution is 7.25. The van der Waals surface area contributed by atoms with Crippen molar-refractivity contribution in [2.45, 2.75) is 0 Å². The third-order valence-electron chi connectivity index (χ3n) is 10.9. The second-order valence-corrected chi connectivity index (χ2v) is 15.1. The number of rotatable bonds is 6. The summed E-state index contributed by atoms with van der Waals surface area (Å²) in [4.78, 5) is 2.38. The molecular formula is C52H33NOS. The van der Waals surface area contributed by atoms with E-state index in [4.69, 9.17) is 4.42 Å². The fourth-order valence-electron chi connectivity index (χ4n) is 8.33. The molecule has 0 aliphatic carbocycles. The predicted octanol–water partition coefficient (Wildman–Crippen LogP) is 15.6. The number of thiophene rings is 1. The predicted molar refractivity (Wildman–Crippen MR) is 235 cm³/mol. The van der Waals surface area contributed by atoms with Crippen LogP contribution in [0.2, 0.25) is 0 Å². The summed E-state index contributed by atoms with van der Waals surface area (Å²) >= 11 is 1.86. The number of para-hydroxylation sites is 1. The molecule has 55 heavy (non-hydrogen) atoms. The first kappa shape index (κ1) is 31.6. The molecule has 0 radical (unpaired) electrons. The minimum absolute atomic E-state index is 0.860. The number of nitrogens with zero attached hydrogens (tertiary/aromatic N) is 1. The second kappa shape index (κ2) is 12.9. The number of hydrogen-bond acceptors (Lipinski definition) is 3. The quantitative estimate of drug-likeness (QED) is 0.170. The molecule has 11 aromatic rings. The maximum Gasteiger partial charge on any atom is 0.160 e. The lowest BCUT2D eigenvalue weighted by molar-refractivity contribution is 0.669. The van der Waals surface area contributed by atoms with Crippen LogP contribution in [-0.2, 0) is 0 Å². The van der Waals surface area contributed by atoms with Gasteiger partial charge in [-0.2, -0.15) is 0 Å². The summed E-state index contributed by atoms with van der Waals surface area (Å²) in [6.45, 7) is 0. The van der Waals surface area contributed by atoms with Crippen molar-refractivity contribution in [1.82, 2.24) is 0 Å². The molecule has 258 valence electrons. The molecule has 0 atom stereocenters. The minimum Gasteiger partial charge on any atom is -0.454 e. The monoisotopic (exact) mass is 719 g/mol. The van der Waals surface area contributed by atoms with E-state index in [2.05, 4.69) is 199 Å². The van der Waals surface area contributed by atoms with Crippen molar-refractivity contribution in [3.8, 4) is 33.4 Å². The van der Waals surface area contributed by atoms with Crippen LogP contribution in [0.5, 0.6) is 0 Å². The Morgan fingerprint density at radius 1 is 0.364 bits per heavy atom. The van der Waals surface area contributed by atoms with E-state index < -0.39 is 0 Å². The van der Waals surface area contributed by atoms with Crippen molar-refractivity contribution < 1.29 is 4.42 Å². The molecule has 2 nitrogen and oxygen atoms in total. The van der Waals surface area contributed by atoms with Gasteiger partial charge in [0, 0.05) is 47.9 Å². The zero-order valence-electron chi connectivity index (χ0n) is 29.8. The van der Waals surface area contributed by atoms with Gasteiger partial charge in [-0.3, -0.25) is 0 Å². The molecule has 0 N–H and O–H groups in total. The summed E-state index contributed by atoms with van der Waals surface area (Å²) in [5.41, 5.74) is 11.9. The fourth-order valence-corrected chi connectivity index (χ4v) is 9.46. The summed E-state index contributed by atoms with van der Waals surface area (Å²) in [5, 5.41) is 7.30. The zero-order chi connectivity index (χ0) is 36.3. The molecule has 0 saturated carbocycles. The molecule has 0 aliphatic rings. The topological polar surface area (TPSA) is 16.4 Å². The van der Waals surface area contributed by atoms with Gasteiger partial charge in [0.25, 0.3) is 0 Å². The third-order valence-corrected chi connectivity index (χ3v) is 12.0. The van der Waals surface area contributed by atoms with Gasteiger partial charge in [0.1, 0.15) is 5.58 Å². The van der Waals surface area contributed by atoms with Crippen molar-refractivity contribution in [1.29, 1.82) is 0 Å². The van der Waals surface area contributed by atoms with Crippen LogP contribution in [0.1, 0.15) is 0 Å². The maximum absolute atomic E-state index is 6.84. The van der Waals surface area contributed by atoms with Gasteiger partial charge >= 0.3 is 0 Å². The van der Waals surface area contributed by atoms with Gasteiger partial charge in [-0.05, 0) is 87.1 Å². The number of fused-ring (bicyclic) bond motifs is 7. The molecule has 2 aromatic heterocycles. The van der Waals surface area contributed by atoms with Gasteiger partial charge in [0.15, 0.2) is 5.58 Å². The molecule has 0 spiro atoms. The highest BCUT2D eigenvalue weighted by Gasteiger charge is 2.24. The molecule has 0 unspecified atom stereocenters. The normalized spacial score (nSPS) is 11.6. The van der Waals surface area contributed by atoms with Crippen molar-refractivity contribution >= 4 is 81.3 Å². The molecule has 2 heterocycles. The molecule has 0 fully saturated rings. The SMILES string of the molecule is c1ccc(-c2ccc3c(oc4ccccc43)c2N(c2ccc(-c3cccc4ccccc34)cc2)c2ccc(-c3cccc4sc5ccccc5c34)cc2)cc1. The van der Waals surface area contributed by atoms with E-state index in [-0.39, 0.29) is 0 Å². The largest absolute Gasteiger partial charge is 0.454 e. The standard InChI is InChI=1S/C52H33NOS/c1-2-12-35(13-3-1)43-32-33-45-44-17-6-8-21-47(44)54-52(45)51(43)53(38-28-24-36(25-29-38)41-19-10-15-34-14-4-5-16-40(34)41)39-30-26-37(27-31-39)42-20-11-23-49-50(42)46-18-7-9-22-48(46)55-49/h1-33H. The molecular weight excluding hydrogens is 687 g/mol. The van der Waals surface area contributed by atoms with E-state index in [1.54, 1.807) is 0 Å². The van der Waals surface area contributed by atoms with Crippen molar-refractivity contribution in [2.24, 2.45) is 0 Å². The molecule has 0 bridgehead atoms. The summed E-state index contributed by atoms with van der Waals surface area (Å²) in [6, 6.07) is 72.1. The average Bonchev–Trinajstić information content (AvgIpc) is 3.83. The Morgan fingerprint density at radius 2 is 0.945 bits per heavy atom. The Labute approximate surface area is 322 Å². The summed E-state index contributed by atoms with van der Waals surface area (Å²) < 4.78 is 9.46. The van der Waals surface area contributed by atoms with Crippen molar-refractivity contribution in [3.05, 3.63) is 200 Å². The Balaban J connectivity index is 1.13. The Kier molecular flexibility index (Phi) is 7.39. The molecule has 3 heteroatoms. The first-order chi connectivity index (χ1) is 27.3. The van der Waals surface area contributed by atoms with Crippen LogP contribution in [0.3, 0.4) is 0 Å². The van der Waals surface area contributed by atoms with E-state index in [1.165, 1.54) is 53.2 Å². The molecule has 0 aliphatic heterocycles. The number of hydrogen-bond donors (Lipinski definition) is 0. The highest BCUT2D eigenvalue weighted by Crippen LogP contribution is 2.48. The van der Waals surface area contributed by atoms with Gasteiger partial charge in [-0.25, -0.2) is 0 Å². The first-order valence-corrected chi connectivity index (χ1v) is 19.5. The van der Waals surface area contributed by atoms with Crippen molar-refractivity contribution in [3.63, 3.8) is 0 Å². The number of anilines is 3. The Morgan fingerprint density at radius 3 is 1.75 bits per heavy atom. The highest BCUT2D eigenvalue weighted by atomic mass is 32.1. The van der Waals surface area contributed by atoms with Crippen LogP contribution in [0.4, 0.5) is 17.1 Å². The molecule has 9 aromatic carbocycles. The molecule has 0 saturated heterocycles. The van der Waals surface area contributed by atoms with Crippen molar-refractivity contribution in [2.75, 3.05) is 4.90 Å². The molecule has 11 rings (SSSR count). The third kappa shape index (κ3) is 5.24. The first-order valence-electron chi connectivity index (χ1n) is 18.7. The lowest BCUT2D eigenvalue weighted by Gasteiger charge is -2.28. The van der Waals surface area contributed by atoms with E-state index in [1.807, 2.05) is 17.4 Å². The van der Waals surface area contributed by atoms with E-state index in [0.29, 0.717) is 0 Å². The second-order valence-electron chi connectivity index (χ2n) is 14.0. The summed E-state index contributed by atoms with van der Waals surface area (Å²) in [5.74, 6) is 0. The minimum atomic E-state index is 0.860. The Hall–Kier alpha value is -6.94. The van der Waals surface area contributed by atoms with Gasteiger partial charge in [-0.15, -0.1) is 11.3 Å². The number of benzene rings is 9. The molecule has 0 amide bonds. The van der Waals surface area contributed by atoms with Crippen LogP contribution < -0.4 is 4.90 Å². The Bertz CT molecular complexity index is 3190. The van der Waals surface area contributed by atoms with E-state index in [0.717, 1.165) is 50.1 Å². The lowest BCUT2D eigenvalue weighted by Crippen LogP contribution is -2.11. The van der Waals surface area contributed by atoms with Crippen LogP contribution in [0, 0.1) is 0 Å². The summed E-state index contributed by atoms with van der Waals surface area (Å²) in [7, 11) is 0. The van der Waals surface area contributed by atoms with Gasteiger partial charge in [-0.1, -0.05) is 152 Å². The van der Waals surface area contributed by atoms with Crippen LogP contribution in [0.15, 0.2) is 205 Å². The maximum atomic E-state index is 6.84. The fraction of sp³-hybridized carbons (Fsp3) is 0. The van der Waals surface area contributed by atoms with Crippen LogP contribution in [0.25, 0.3) is 86.3 Å². The summed E-state index contributed by atoms with van der Waals surface area (Å²) in [6.07, 6.45) is 0. The van der Waals surface area contributed by atoms with E-state index >= 15 is 0 Å². The average molecular weight is 720 g/mol. The van der Waals surface area contributed by atoms with Crippen LogP contribution >= 0.6 is 11.3 Å². The van der Waals surface area contributed by atoms with Gasteiger partial charge < -0.3 is 9.32 Å². The number of furan rings is 1. The van der Waals surface area contributed by atoms with E-state index in [9.17, 15) is 0 Å². The van der Waals surface area contributed by atoms with Gasteiger partial charge in [0.05, 0.1) is 5.69 Å². The van der Waals surface area contributed by atoms with Crippen LogP contribution in [-0.4, -0.2) is 0 Å². The lowest BCUT2D eigenvalue weighted by atomic mass is 9.96.